The van der Waals surface area contributed by atoms with Gasteiger partial charge in [0.1, 0.15) is 0 Å². The van der Waals surface area contributed by atoms with Crippen LogP contribution in [0, 0.1) is 0 Å². The first-order valence-electron chi connectivity index (χ1n) is 8.88. The molecule has 2 aromatic carbocycles. The van der Waals surface area contributed by atoms with Gasteiger partial charge in [0.2, 0.25) is 15.9 Å². The Morgan fingerprint density at radius 1 is 1.04 bits per heavy atom. The van der Waals surface area contributed by atoms with Gasteiger partial charge in [0.05, 0.1) is 11.2 Å². The molecule has 0 aliphatic heterocycles. The molecule has 1 fully saturated rings. The summed E-state index contributed by atoms with van der Waals surface area (Å²) >= 11 is 5.96. The van der Waals surface area contributed by atoms with Crippen LogP contribution < -0.4 is 10.0 Å². The van der Waals surface area contributed by atoms with Gasteiger partial charge in [0, 0.05) is 11.6 Å². The van der Waals surface area contributed by atoms with E-state index in [9.17, 15) is 13.2 Å². The summed E-state index contributed by atoms with van der Waals surface area (Å²) in [6.07, 6.45) is 2.70. The number of hydrogen-bond acceptors (Lipinski definition) is 3. The Morgan fingerprint density at radius 2 is 1.63 bits per heavy atom. The number of carbonyl (C=O) groups excluding carboxylic acids is 1. The first-order chi connectivity index (χ1) is 12.8. The second kappa shape index (κ2) is 8.00. The zero-order valence-electron chi connectivity index (χ0n) is 15.2. The molecule has 1 aliphatic rings. The third kappa shape index (κ3) is 4.51. The van der Waals surface area contributed by atoms with Crippen molar-refractivity contribution in [3.63, 3.8) is 0 Å². The number of carbonyl (C=O) groups is 1. The highest BCUT2D eigenvalue weighted by atomic mass is 35.5. The van der Waals surface area contributed by atoms with Crippen LogP contribution in [0.5, 0.6) is 0 Å². The normalized spacial score (nSPS) is 15.8. The van der Waals surface area contributed by atoms with E-state index in [4.69, 9.17) is 11.6 Å². The topological polar surface area (TPSA) is 75.3 Å². The van der Waals surface area contributed by atoms with Gasteiger partial charge >= 0.3 is 0 Å². The predicted octanol–water partition coefficient (Wildman–Crippen LogP) is 3.13. The molecule has 7 heteroatoms. The van der Waals surface area contributed by atoms with Crippen molar-refractivity contribution in [2.45, 2.75) is 37.0 Å². The van der Waals surface area contributed by atoms with E-state index in [1.165, 1.54) is 7.05 Å². The number of rotatable bonds is 7. The molecule has 5 nitrogen and oxygen atoms in total. The summed E-state index contributed by atoms with van der Waals surface area (Å²) in [6.45, 7) is 0.410. The molecule has 0 bridgehead atoms. The second-order valence-corrected chi connectivity index (χ2v) is 9.27. The van der Waals surface area contributed by atoms with Crippen LogP contribution in [-0.4, -0.2) is 21.4 Å². The zero-order chi connectivity index (χ0) is 19.5. The van der Waals surface area contributed by atoms with Gasteiger partial charge in [-0.05, 0) is 48.7 Å². The van der Waals surface area contributed by atoms with Crippen LogP contribution >= 0.6 is 11.6 Å². The number of nitrogens with one attached hydrogen (secondary N) is 2. The molecule has 0 atom stereocenters. The maximum Gasteiger partial charge on any atom is 0.230 e. The highest BCUT2D eigenvalue weighted by Gasteiger charge is 2.45. The molecule has 1 aliphatic carbocycles. The van der Waals surface area contributed by atoms with Crippen molar-refractivity contribution in [2.75, 3.05) is 7.05 Å². The molecule has 0 aromatic heterocycles. The van der Waals surface area contributed by atoms with E-state index in [0.717, 1.165) is 30.4 Å². The van der Waals surface area contributed by atoms with Gasteiger partial charge in [-0.1, -0.05) is 54.4 Å². The molecule has 27 heavy (non-hydrogen) atoms. The molecule has 0 saturated heterocycles. The molecule has 3 rings (SSSR count). The van der Waals surface area contributed by atoms with Crippen molar-refractivity contribution in [3.05, 3.63) is 70.2 Å². The summed E-state index contributed by atoms with van der Waals surface area (Å²) in [6, 6.07) is 14.7. The monoisotopic (exact) mass is 406 g/mol. The van der Waals surface area contributed by atoms with E-state index in [0.29, 0.717) is 17.1 Å². The molecule has 2 aromatic rings. The summed E-state index contributed by atoms with van der Waals surface area (Å²) in [4.78, 5) is 12.9. The fourth-order valence-electron chi connectivity index (χ4n) is 3.34. The fourth-order valence-corrected chi connectivity index (χ4v) is 4.24. The molecule has 0 unspecified atom stereocenters. The lowest BCUT2D eigenvalue weighted by molar-refractivity contribution is -0.130. The maximum atomic E-state index is 12.9. The van der Waals surface area contributed by atoms with Gasteiger partial charge in [0.25, 0.3) is 0 Å². The minimum atomic E-state index is -3.29. The first-order valence-corrected chi connectivity index (χ1v) is 10.9. The van der Waals surface area contributed by atoms with Crippen LogP contribution in [0.15, 0.2) is 48.5 Å². The number of halogens is 1. The highest BCUT2D eigenvalue weighted by Crippen LogP contribution is 2.44. The Labute approximate surface area is 165 Å². The van der Waals surface area contributed by atoms with Crippen LogP contribution in [0.25, 0.3) is 0 Å². The fraction of sp³-hybridized carbons (Fsp3) is 0.350. The SMILES string of the molecule is CNS(=O)(=O)Cc1ccc(CNC(=O)C2(c3ccc(Cl)cc3)CCC2)cc1. The summed E-state index contributed by atoms with van der Waals surface area (Å²) in [5.41, 5.74) is 2.17. The lowest BCUT2D eigenvalue weighted by atomic mass is 9.64. The van der Waals surface area contributed by atoms with Crippen molar-refractivity contribution in [2.24, 2.45) is 0 Å². The maximum absolute atomic E-state index is 12.9. The minimum Gasteiger partial charge on any atom is -0.351 e. The van der Waals surface area contributed by atoms with Crippen molar-refractivity contribution < 1.29 is 13.2 Å². The molecule has 2 N–H and O–H groups in total. The Bertz CT molecular complexity index is 905. The number of hydrogen-bond donors (Lipinski definition) is 2. The van der Waals surface area contributed by atoms with Gasteiger partial charge in [-0.15, -0.1) is 0 Å². The van der Waals surface area contributed by atoms with Crippen molar-refractivity contribution in [1.29, 1.82) is 0 Å². The highest BCUT2D eigenvalue weighted by molar-refractivity contribution is 7.88. The number of sulfonamides is 1. The van der Waals surface area contributed by atoms with E-state index in [2.05, 4.69) is 10.0 Å². The van der Waals surface area contributed by atoms with Gasteiger partial charge < -0.3 is 5.32 Å². The Morgan fingerprint density at radius 3 is 2.15 bits per heavy atom. The van der Waals surface area contributed by atoms with Crippen LogP contribution in [-0.2, 0) is 32.5 Å². The van der Waals surface area contributed by atoms with Crippen LogP contribution in [0.1, 0.15) is 36.0 Å². The second-order valence-electron chi connectivity index (χ2n) is 6.90. The van der Waals surface area contributed by atoms with E-state index >= 15 is 0 Å². The molecule has 0 spiro atoms. The average Bonchev–Trinajstić information content (AvgIpc) is 2.61. The average molecular weight is 407 g/mol. The van der Waals surface area contributed by atoms with E-state index in [1.54, 1.807) is 12.1 Å². The Balaban J connectivity index is 1.64. The Hall–Kier alpha value is -1.89. The van der Waals surface area contributed by atoms with Crippen LogP contribution in [0.4, 0.5) is 0 Å². The molecule has 1 amide bonds. The molecular weight excluding hydrogens is 384 g/mol. The zero-order valence-corrected chi connectivity index (χ0v) is 16.7. The van der Waals surface area contributed by atoms with E-state index in [-0.39, 0.29) is 11.7 Å². The van der Waals surface area contributed by atoms with Crippen molar-refractivity contribution >= 4 is 27.5 Å². The third-order valence-corrected chi connectivity index (χ3v) is 6.77. The van der Waals surface area contributed by atoms with E-state index < -0.39 is 15.4 Å². The van der Waals surface area contributed by atoms with Gasteiger partial charge in [0.15, 0.2) is 0 Å². The van der Waals surface area contributed by atoms with Gasteiger partial charge in [-0.3, -0.25) is 4.79 Å². The summed E-state index contributed by atoms with van der Waals surface area (Å²) < 4.78 is 25.5. The summed E-state index contributed by atoms with van der Waals surface area (Å²) in [5, 5.41) is 3.69. The number of benzene rings is 2. The van der Waals surface area contributed by atoms with Crippen LogP contribution in [0.3, 0.4) is 0 Å². The largest absolute Gasteiger partial charge is 0.351 e. The predicted molar refractivity (Wildman–Crippen MR) is 107 cm³/mol. The molecule has 1 saturated carbocycles. The molecule has 144 valence electrons. The quantitative estimate of drug-likeness (QED) is 0.741. The molecular formula is C20H23ClN2O3S. The lowest BCUT2D eigenvalue weighted by Crippen LogP contribution is -2.48. The standard InChI is InChI=1S/C20H23ClN2O3S/c1-22-27(25,26)14-16-5-3-15(4-6-16)13-23-19(24)20(11-2-12-20)17-7-9-18(21)10-8-17/h3-10,22H,2,11-14H2,1H3,(H,23,24). The van der Waals surface area contributed by atoms with Crippen LogP contribution in [0.2, 0.25) is 5.02 Å². The van der Waals surface area contributed by atoms with Crippen molar-refractivity contribution in [1.82, 2.24) is 10.0 Å². The Kier molecular flexibility index (Phi) is 5.89. The molecule has 0 heterocycles. The van der Waals surface area contributed by atoms with Gasteiger partial charge in [-0.2, -0.15) is 0 Å². The molecule has 0 radical (unpaired) electrons. The third-order valence-electron chi connectivity index (χ3n) is 5.18. The van der Waals surface area contributed by atoms with Gasteiger partial charge in [-0.25, -0.2) is 13.1 Å². The first kappa shape index (κ1) is 19.9. The summed E-state index contributed by atoms with van der Waals surface area (Å²) in [5.74, 6) is -0.0339. The minimum absolute atomic E-state index is 0.0258. The lowest BCUT2D eigenvalue weighted by Gasteiger charge is -2.40. The smallest absolute Gasteiger partial charge is 0.230 e. The van der Waals surface area contributed by atoms with E-state index in [1.807, 2.05) is 36.4 Å². The summed E-state index contributed by atoms with van der Waals surface area (Å²) in [7, 11) is -1.89. The van der Waals surface area contributed by atoms with Crippen molar-refractivity contribution in [3.8, 4) is 0 Å². The number of amides is 1.